The van der Waals surface area contributed by atoms with Gasteiger partial charge in [0.2, 0.25) is 11.8 Å². The van der Waals surface area contributed by atoms with Crippen molar-refractivity contribution in [1.82, 2.24) is 20.9 Å². The van der Waals surface area contributed by atoms with E-state index in [4.69, 9.17) is 4.74 Å². The van der Waals surface area contributed by atoms with Crippen LogP contribution in [-0.2, 0) is 20.9 Å². The number of benzene rings is 1. The molecule has 1 aromatic carbocycles. The van der Waals surface area contributed by atoms with Crippen LogP contribution in [0.3, 0.4) is 0 Å². The van der Waals surface area contributed by atoms with E-state index in [1.807, 2.05) is 0 Å². The van der Waals surface area contributed by atoms with Gasteiger partial charge in [-0.25, -0.2) is 0 Å². The van der Waals surface area contributed by atoms with Crippen LogP contribution in [0.4, 0.5) is 0 Å². The molecular formula is C19H24N4O5. The largest absolute Gasteiger partial charge is 0.383 e. The Labute approximate surface area is 162 Å². The Morgan fingerprint density at radius 1 is 1.07 bits per heavy atom. The van der Waals surface area contributed by atoms with Gasteiger partial charge >= 0.3 is 0 Å². The van der Waals surface area contributed by atoms with Crippen molar-refractivity contribution < 1.29 is 23.9 Å². The molecule has 0 saturated carbocycles. The average molecular weight is 388 g/mol. The van der Waals surface area contributed by atoms with E-state index >= 15 is 0 Å². The predicted molar refractivity (Wildman–Crippen MR) is 99.6 cm³/mol. The van der Waals surface area contributed by atoms with Gasteiger partial charge in [-0.05, 0) is 24.1 Å². The van der Waals surface area contributed by atoms with Crippen molar-refractivity contribution in [3.63, 3.8) is 0 Å². The lowest BCUT2D eigenvalue weighted by atomic mass is 10.0. The van der Waals surface area contributed by atoms with Crippen molar-refractivity contribution in [1.29, 1.82) is 0 Å². The maximum Gasteiger partial charge on any atom is 0.262 e. The lowest BCUT2D eigenvalue weighted by Gasteiger charge is -2.27. The van der Waals surface area contributed by atoms with Crippen LogP contribution in [0.2, 0.25) is 0 Å². The third kappa shape index (κ3) is 4.27. The first-order valence-corrected chi connectivity index (χ1v) is 9.28. The maximum atomic E-state index is 12.8. The van der Waals surface area contributed by atoms with Gasteiger partial charge in [0, 0.05) is 39.7 Å². The Balaban J connectivity index is 1.60. The number of rotatable bonds is 9. The highest BCUT2D eigenvalue weighted by atomic mass is 16.5. The molecular weight excluding hydrogens is 364 g/mol. The number of fused-ring (bicyclic) bond motifs is 1. The molecule has 1 aromatic rings. The molecule has 0 spiro atoms. The highest BCUT2D eigenvalue weighted by Gasteiger charge is 2.44. The quantitative estimate of drug-likeness (QED) is 0.382. The number of amides is 4. The Bertz CT molecular complexity index is 795. The van der Waals surface area contributed by atoms with E-state index in [1.54, 1.807) is 25.3 Å². The van der Waals surface area contributed by atoms with E-state index in [0.717, 1.165) is 30.1 Å². The lowest BCUT2D eigenvalue weighted by Crippen LogP contribution is -2.54. The van der Waals surface area contributed by atoms with Gasteiger partial charge in [0.25, 0.3) is 11.8 Å². The minimum Gasteiger partial charge on any atom is -0.383 e. The van der Waals surface area contributed by atoms with Gasteiger partial charge in [-0.3, -0.25) is 29.4 Å². The van der Waals surface area contributed by atoms with E-state index in [2.05, 4.69) is 16.0 Å². The van der Waals surface area contributed by atoms with Crippen LogP contribution < -0.4 is 16.0 Å². The minimum absolute atomic E-state index is 0.109. The van der Waals surface area contributed by atoms with Crippen molar-refractivity contribution in [3.05, 3.63) is 34.9 Å². The fourth-order valence-electron chi connectivity index (χ4n) is 3.34. The fourth-order valence-corrected chi connectivity index (χ4v) is 3.34. The molecule has 150 valence electrons. The van der Waals surface area contributed by atoms with Gasteiger partial charge in [0.1, 0.15) is 6.04 Å². The molecule has 2 heterocycles. The summed E-state index contributed by atoms with van der Waals surface area (Å²) in [5.74, 6) is -1.97. The number of methoxy groups -OCH3 is 1. The molecule has 1 unspecified atom stereocenters. The number of hydrogen-bond acceptors (Lipinski definition) is 7. The summed E-state index contributed by atoms with van der Waals surface area (Å²) in [6, 6.07) is 4.16. The molecule has 1 fully saturated rings. The number of nitrogens with zero attached hydrogens (tertiary/aromatic N) is 1. The third-order valence-corrected chi connectivity index (χ3v) is 4.79. The van der Waals surface area contributed by atoms with Crippen LogP contribution in [0.15, 0.2) is 18.2 Å². The van der Waals surface area contributed by atoms with Crippen LogP contribution >= 0.6 is 0 Å². The summed E-state index contributed by atoms with van der Waals surface area (Å²) in [5.41, 5.74) is 1.47. The molecule has 28 heavy (non-hydrogen) atoms. The second-order valence-electron chi connectivity index (χ2n) is 6.75. The minimum atomic E-state index is -0.940. The summed E-state index contributed by atoms with van der Waals surface area (Å²) in [5, 5.41) is 8.68. The molecule has 2 aliphatic rings. The summed E-state index contributed by atoms with van der Waals surface area (Å²) in [6.45, 7) is 3.53. The van der Waals surface area contributed by atoms with Gasteiger partial charge in [0.05, 0.1) is 17.7 Å². The first-order valence-electron chi connectivity index (χ1n) is 9.28. The van der Waals surface area contributed by atoms with Crippen LogP contribution in [0.1, 0.15) is 39.1 Å². The first-order chi connectivity index (χ1) is 13.5. The standard InChI is InChI=1S/C19H24N4O5/c1-28-9-8-20-6-7-21-11-12-2-3-13-14(10-12)19(27)23(18(13)26)15-4-5-16(24)22-17(15)25/h2-3,10,15,20-21H,4-9,11H2,1H3,(H,22,24,25). The van der Waals surface area contributed by atoms with Crippen LogP contribution in [0.5, 0.6) is 0 Å². The molecule has 3 N–H and O–H groups in total. The maximum absolute atomic E-state index is 12.8. The SMILES string of the molecule is COCCNCCNCc1ccc2c(c1)C(=O)N(C1CCC(=O)NC1=O)C2=O. The lowest BCUT2D eigenvalue weighted by molar-refractivity contribution is -0.136. The summed E-state index contributed by atoms with van der Waals surface area (Å²) in [4.78, 5) is 49.8. The Kier molecular flexibility index (Phi) is 6.50. The van der Waals surface area contributed by atoms with Gasteiger partial charge in [-0.1, -0.05) is 6.07 Å². The van der Waals surface area contributed by atoms with Crippen LogP contribution in [-0.4, -0.2) is 67.9 Å². The monoisotopic (exact) mass is 388 g/mol. The Hall–Kier alpha value is -2.62. The molecule has 0 bridgehead atoms. The Morgan fingerprint density at radius 3 is 2.57 bits per heavy atom. The van der Waals surface area contributed by atoms with Crippen molar-refractivity contribution in [2.45, 2.75) is 25.4 Å². The van der Waals surface area contributed by atoms with Crippen LogP contribution in [0, 0.1) is 0 Å². The van der Waals surface area contributed by atoms with Gasteiger partial charge in [-0.2, -0.15) is 0 Å². The second-order valence-corrected chi connectivity index (χ2v) is 6.75. The second kappa shape index (κ2) is 9.05. The van der Waals surface area contributed by atoms with E-state index in [1.165, 1.54) is 0 Å². The number of imide groups is 2. The molecule has 0 radical (unpaired) electrons. The molecule has 1 atom stereocenters. The number of ether oxygens (including phenoxy) is 1. The van der Waals surface area contributed by atoms with Gasteiger partial charge < -0.3 is 15.4 Å². The number of carbonyl (C=O) groups excluding carboxylic acids is 4. The zero-order valence-electron chi connectivity index (χ0n) is 15.7. The van der Waals surface area contributed by atoms with E-state index < -0.39 is 23.8 Å². The number of carbonyl (C=O) groups is 4. The summed E-state index contributed by atoms with van der Waals surface area (Å²) in [7, 11) is 1.65. The highest BCUT2D eigenvalue weighted by Crippen LogP contribution is 2.28. The summed E-state index contributed by atoms with van der Waals surface area (Å²) >= 11 is 0. The fraction of sp³-hybridized carbons (Fsp3) is 0.474. The average Bonchev–Trinajstić information content (AvgIpc) is 2.92. The predicted octanol–water partition coefficient (Wildman–Crippen LogP) is -0.587. The molecule has 0 aromatic heterocycles. The highest BCUT2D eigenvalue weighted by molar-refractivity contribution is 6.23. The van der Waals surface area contributed by atoms with Crippen molar-refractivity contribution in [2.24, 2.45) is 0 Å². The van der Waals surface area contributed by atoms with E-state index in [0.29, 0.717) is 24.3 Å². The van der Waals surface area contributed by atoms with E-state index in [9.17, 15) is 19.2 Å². The van der Waals surface area contributed by atoms with Crippen molar-refractivity contribution >= 4 is 23.6 Å². The third-order valence-electron chi connectivity index (χ3n) is 4.79. The molecule has 2 aliphatic heterocycles. The summed E-state index contributed by atoms with van der Waals surface area (Å²) < 4.78 is 4.96. The summed E-state index contributed by atoms with van der Waals surface area (Å²) in [6.07, 6.45) is 0.262. The molecule has 4 amide bonds. The zero-order valence-corrected chi connectivity index (χ0v) is 15.7. The van der Waals surface area contributed by atoms with Crippen LogP contribution in [0.25, 0.3) is 0 Å². The molecule has 3 rings (SSSR count). The molecule has 9 heteroatoms. The number of hydrogen-bond donors (Lipinski definition) is 3. The number of nitrogens with one attached hydrogen (secondary N) is 3. The molecule has 1 saturated heterocycles. The smallest absolute Gasteiger partial charge is 0.262 e. The van der Waals surface area contributed by atoms with Crippen molar-refractivity contribution in [3.8, 4) is 0 Å². The Morgan fingerprint density at radius 2 is 1.82 bits per heavy atom. The molecule has 9 nitrogen and oxygen atoms in total. The van der Waals surface area contributed by atoms with Crippen molar-refractivity contribution in [2.75, 3.05) is 33.4 Å². The molecule has 0 aliphatic carbocycles. The van der Waals surface area contributed by atoms with Gasteiger partial charge in [-0.15, -0.1) is 0 Å². The van der Waals surface area contributed by atoms with E-state index in [-0.39, 0.29) is 18.7 Å². The number of piperidine rings is 1. The zero-order chi connectivity index (χ0) is 20.1. The first kappa shape index (κ1) is 20.1. The van der Waals surface area contributed by atoms with Gasteiger partial charge in [0.15, 0.2) is 0 Å². The normalized spacial score (nSPS) is 19.2. The topological polar surface area (TPSA) is 117 Å².